The Kier molecular flexibility index (Phi) is 5.08. The Balaban J connectivity index is 1.35. The first-order valence-electron chi connectivity index (χ1n) is 11.1. The molecule has 1 spiro atoms. The number of amides is 2. The maximum atomic E-state index is 12.3. The van der Waals surface area contributed by atoms with E-state index in [9.17, 15) is 9.59 Å². The monoisotopic (exact) mass is 473 g/mol. The van der Waals surface area contributed by atoms with Gasteiger partial charge in [-0.25, -0.2) is 9.59 Å². The molecule has 5 rings (SSSR count). The van der Waals surface area contributed by atoms with Crippen LogP contribution in [-0.2, 0) is 22.6 Å². The van der Waals surface area contributed by atoms with Gasteiger partial charge in [0, 0.05) is 29.4 Å². The molecule has 0 N–H and O–H groups in total. The Morgan fingerprint density at radius 1 is 1.09 bits per heavy atom. The topological polar surface area (TPSA) is 89.8 Å². The number of rotatable bonds is 1. The normalized spacial score (nSPS) is 19.2. The number of fused-ring (bicyclic) bond motifs is 3. The lowest BCUT2D eigenvalue weighted by molar-refractivity contribution is -0.0800. The Morgan fingerprint density at radius 2 is 1.82 bits per heavy atom. The van der Waals surface area contributed by atoms with Gasteiger partial charge in [0.1, 0.15) is 11.4 Å². The van der Waals surface area contributed by atoms with Crippen LogP contribution in [-0.4, -0.2) is 62.6 Å². The van der Waals surface area contributed by atoms with E-state index in [1.165, 1.54) is 7.11 Å². The molecule has 1 aliphatic carbocycles. The number of aromatic nitrogens is 3. The molecule has 176 valence electrons. The van der Waals surface area contributed by atoms with Gasteiger partial charge >= 0.3 is 12.2 Å². The van der Waals surface area contributed by atoms with Crippen molar-refractivity contribution in [3.05, 3.63) is 40.4 Å². The summed E-state index contributed by atoms with van der Waals surface area (Å²) in [7, 11) is 1.37. The van der Waals surface area contributed by atoms with Crippen LogP contribution in [0.2, 0.25) is 5.02 Å². The fourth-order valence-electron chi connectivity index (χ4n) is 5.19. The van der Waals surface area contributed by atoms with Crippen molar-refractivity contribution in [1.29, 1.82) is 0 Å². The van der Waals surface area contributed by atoms with Gasteiger partial charge in [-0.05, 0) is 57.4 Å². The number of benzene rings is 1. The van der Waals surface area contributed by atoms with Crippen LogP contribution in [0.3, 0.4) is 0 Å². The molecule has 1 aromatic carbocycles. The largest absolute Gasteiger partial charge is 0.453 e. The average molecular weight is 474 g/mol. The summed E-state index contributed by atoms with van der Waals surface area (Å²) in [6.45, 7) is 7.74. The van der Waals surface area contributed by atoms with Gasteiger partial charge in [-0.2, -0.15) is 0 Å². The highest BCUT2D eigenvalue weighted by molar-refractivity contribution is 6.30. The predicted octanol–water partition coefficient (Wildman–Crippen LogP) is 4.12. The van der Waals surface area contributed by atoms with Gasteiger partial charge < -0.3 is 14.4 Å². The molecule has 33 heavy (non-hydrogen) atoms. The third-order valence-electron chi connectivity index (χ3n) is 6.59. The Morgan fingerprint density at radius 3 is 2.48 bits per heavy atom. The number of carbonyl (C=O) groups excluding carboxylic acids is 2. The third kappa shape index (κ3) is 3.92. The highest BCUT2D eigenvalue weighted by Gasteiger charge is 2.56. The number of methoxy groups -OCH3 is 1. The minimum Gasteiger partial charge on any atom is -0.453 e. The first kappa shape index (κ1) is 22.0. The molecule has 3 aliphatic rings. The predicted molar refractivity (Wildman–Crippen MR) is 120 cm³/mol. The summed E-state index contributed by atoms with van der Waals surface area (Å²) in [5.74, 6) is 1.82. The number of halogens is 1. The molecule has 2 fully saturated rings. The van der Waals surface area contributed by atoms with Gasteiger partial charge in [-0.3, -0.25) is 9.47 Å². The number of likely N-dealkylation sites (tertiary alicyclic amines) is 1. The minimum absolute atomic E-state index is 0.125. The van der Waals surface area contributed by atoms with Gasteiger partial charge in [0.25, 0.3) is 0 Å². The second-order valence-corrected chi connectivity index (χ2v) is 10.8. The molecular weight excluding hydrogens is 446 g/mol. The molecule has 9 nitrogen and oxygen atoms in total. The average Bonchev–Trinajstić information content (AvgIpc) is 2.99. The first-order valence-corrected chi connectivity index (χ1v) is 11.5. The molecule has 2 amide bonds. The van der Waals surface area contributed by atoms with E-state index in [-0.39, 0.29) is 17.4 Å². The molecule has 0 radical (unpaired) electrons. The van der Waals surface area contributed by atoms with Crippen molar-refractivity contribution >= 4 is 23.8 Å². The molecule has 0 bridgehead atoms. The maximum Gasteiger partial charge on any atom is 0.410 e. The van der Waals surface area contributed by atoms with Gasteiger partial charge in [0.05, 0.1) is 25.9 Å². The fourth-order valence-corrected chi connectivity index (χ4v) is 5.39. The second kappa shape index (κ2) is 7.62. The maximum absolute atomic E-state index is 12.3. The number of ether oxygens (including phenoxy) is 2. The lowest BCUT2D eigenvalue weighted by atomic mass is 9.57. The van der Waals surface area contributed by atoms with Crippen LogP contribution in [0.4, 0.5) is 9.59 Å². The van der Waals surface area contributed by atoms with Crippen molar-refractivity contribution in [2.24, 2.45) is 5.41 Å². The lowest BCUT2D eigenvalue weighted by Crippen LogP contribution is -2.63. The molecule has 1 saturated carbocycles. The smallest absolute Gasteiger partial charge is 0.410 e. The Labute approximate surface area is 197 Å². The van der Waals surface area contributed by atoms with Crippen molar-refractivity contribution in [3.63, 3.8) is 0 Å². The van der Waals surface area contributed by atoms with Crippen LogP contribution in [0.25, 0.3) is 5.69 Å². The van der Waals surface area contributed by atoms with E-state index in [0.29, 0.717) is 37.0 Å². The third-order valence-corrected chi connectivity index (χ3v) is 6.83. The zero-order valence-electron chi connectivity index (χ0n) is 19.3. The molecule has 1 saturated heterocycles. The summed E-state index contributed by atoms with van der Waals surface area (Å²) in [4.78, 5) is 28.0. The van der Waals surface area contributed by atoms with Crippen molar-refractivity contribution < 1.29 is 19.1 Å². The van der Waals surface area contributed by atoms with E-state index >= 15 is 0 Å². The van der Waals surface area contributed by atoms with E-state index in [0.717, 1.165) is 29.9 Å². The standard InChI is InChI=1S/C23H28ClN5O4/c1-22(2,3)33-21(31)28-12-23(13-28)8-15(9-23)19-26-25-18-11-27(20(30)32-4)10-14-7-16(24)5-6-17(14)29(18)19/h5-7,15H,8-13H2,1-4H3. The van der Waals surface area contributed by atoms with E-state index in [1.807, 2.05) is 39.0 Å². The number of hydrogen-bond acceptors (Lipinski definition) is 6. The van der Waals surface area contributed by atoms with E-state index < -0.39 is 11.7 Å². The highest BCUT2D eigenvalue weighted by atomic mass is 35.5. The summed E-state index contributed by atoms with van der Waals surface area (Å²) in [5.41, 5.74) is 1.49. The van der Waals surface area contributed by atoms with Crippen LogP contribution in [0, 0.1) is 5.41 Å². The second-order valence-electron chi connectivity index (χ2n) is 10.4. The summed E-state index contributed by atoms with van der Waals surface area (Å²) in [6.07, 6.45) is 1.21. The molecule has 3 heterocycles. The van der Waals surface area contributed by atoms with Crippen LogP contribution in [0.1, 0.15) is 56.7 Å². The van der Waals surface area contributed by atoms with Crippen molar-refractivity contribution in [1.82, 2.24) is 24.6 Å². The number of carbonyl (C=O) groups is 2. The van der Waals surface area contributed by atoms with E-state index in [1.54, 1.807) is 9.80 Å². The molecule has 2 aromatic rings. The zero-order valence-corrected chi connectivity index (χ0v) is 20.1. The minimum atomic E-state index is -0.491. The fraction of sp³-hybridized carbons (Fsp3) is 0.565. The van der Waals surface area contributed by atoms with Crippen LogP contribution >= 0.6 is 11.6 Å². The van der Waals surface area contributed by atoms with Crippen molar-refractivity contribution in [2.75, 3.05) is 20.2 Å². The van der Waals surface area contributed by atoms with E-state index in [2.05, 4.69) is 14.8 Å². The summed E-state index contributed by atoms with van der Waals surface area (Å²) in [5, 5.41) is 9.56. The van der Waals surface area contributed by atoms with Crippen LogP contribution in [0.15, 0.2) is 18.2 Å². The van der Waals surface area contributed by atoms with Gasteiger partial charge in [-0.1, -0.05) is 11.6 Å². The van der Waals surface area contributed by atoms with Crippen LogP contribution < -0.4 is 0 Å². The molecular formula is C23H28ClN5O4. The highest BCUT2D eigenvalue weighted by Crippen LogP contribution is 2.56. The van der Waals surface area contributed by atoms with Crippen LogP contribution in [0.5, 0.6) is 0 Å². The van der Waals surface area contributed by atoms with Gasteiger partial charge in [-0.15, -0.1) is 10.2 Å². The Bertz CT molecular complexity index is 1110. The SMILES string of the molecule is COC(=O)N1Cc2cc(Cl)ccc2-n2c(nnc2C2CC3(C2)CN(C(=O)OC(C)(C)C)C3)C1. The quantitative estimate of drug-likeness (QED) is 0.619. The molecule has 0 atom stereocenters. The molecule has 1 aromatic heterocycles. The first-order chi connectivity index (χ1) is 15.6. The van der Waals surface area contributed by atoms with Crippen molar-refractivity contribution in [3.8, 4) is 5.69 Å². The zero-order chi connectivity index (χ0) is 23.5. The lowest BCUT2D eigenvalue weighted by Gasteiger charge is -2.58. The summed E-state index contributed by atoms with van der Waals surface area (Å²) < 4.78 is 12.5. The number of nitrogens with zero attached hydrogens (tertiary/aromatic N) is 5. The molecule has 10 heteroatoms. The molecule has 2 aliphatic heterocycles. The van der Waals surface area contributed by atoms with Gasteiger partial charge in [0.2, 0.25) is 0 Å². The summed E-state index contributed by atoms with van der Waals surface area (Å²) >= 11 is 6.26. The molecule has 0 unspecified atom stereocenters. The van der Waals surface area contributed by atoms with Crippen molar-refractivity contribution in [2.45, 2.75) is 58.2 Å². The van der Waals surface area contributed by atoms with Gasteiger partial charge in [0.15, 0.2) is 5.82 Å². The number of hydrogen-bond donors (Lipinski definition) is 0. The Hall–Kier alpha value is -2.81. The summed E-state index contributed by atoms with van der Waals surface area (Å²) in [6, 6.07) is 5.67. The van der Waals surface area contributed by atoms with E-state index in [4.69, 9.17) is 21.1 Å².